The number of rotatable bonds is 7. The first kappa shape index (κ1) is 21.1. The highest BCUT2D eigenvalue weighted by Crippen LogP contribution is 2.51. The van der Waals surface area contributed by atoms with Crippen LogP contribution in [0.5, 0.6) is 0 Å². The number of aliphatic hydroxyl groups is 1. The summed E-state index contributed by atoms with van der Waals surface area (Å²) in [4.78, 5) is 31.6. The van der Waals surface area contributed by atoms with Crippen LogP contribution < -0.4 is 5.32 Å². The molecule has 9 heteroatoms. The molecule has 0 aliphatic carbocycles. The minimum absolute atomic E-state index is 0.0432. The second-order valence-electron chi connectivity index (χ2n) is 8.69. The van der Waals surface area contributed by atoms with E-state index in [-0.39, 0.29) is 23.6 Å². The molecule has 3 saturated heterocycles. The normalized spacial score (nSPS) is 34.4. The Bertz CT molecular complexity index is 694. The van der Waals surface area contributed by atoms with E-state index >= 15 is 0 Å². The van der Waals surface area contributed by atoms with Gasteiger partial charge in [-0.3, -0.25) is 9.69 Å². The molecular formula is C20H32N4O4S. The lowest BCUT2D eigenvalue weighted by Gasteiger charge is -2.46. The number of likely N-dealkylation sites (tertiary alicyclic amines) is 1. The summed E-state index contributed by atoms with van der Waals surface area (Å²) in [5, 5.41) is 23.5. The van der Waals surface area contributed by atoms with Crippen molar-refractivity contribution in [3.8, 4) is 0 Å². The fourth-order valence-corrected chi connectivity index (χ4v) is 6.69. The summed E-state index contributed by atoms with van der Waals surface area (Å²) < 4.78 is 0. The van der Waals surface area contributed by atoms with Crippen LogP contribution in [-0.4, -0.2) is 107 Å². The Morgan fingerprint density at radius 1 is 1.24 bits per heavy atom. The molecule has 0 radical (unpaired) electrons. The Morgan fingerprint density at radius 2 is 1.93 bits per heavy atom. The number of nitrogens with one attached hydrogen (secondary N) is 1. The lowest BCUT2D eigenvalue weighted by molar-refractivity contribution is -0.163. The van der Waals surface area contributed by atoms with E-state index in [0.29, 0.717) is 5.25 Å². The summed E-state index contributed by atoms with van der Waals surface area (Å²) >= 11 is 1.65. The van der Waals surface area contributed by atoms with Crippen LogP contribution in [0.25, 0.3) is 0 Å². The quantitative estimate of drug-likeness (QED) is 0.486. The summed E-state index contributed by atoms with van der Waals surface area (Å²) in [6.07, 6.45) is 0.283. The number of β-lactam (4-membered cyclic amide) rings is 1. The third kappa shape index (κ3) is 3.95. The number of aliphatic hydroxyl groups excluding tert-OH is 1. The second-order valence-corrected chi connectivity index (χ2v) is 10.0. The third-order valence-corrected chi connectivity index (χ3v) is 8.31. The number of fused-ring (bicyclic) bond motifs is 1. The molecule has 0 aromatic heterocycles. The summed E-state index contributed by atoms with van der Waals surface area (Å²) in [5.41, 5.74) is 0.147. The number of hydrogen-bond donors (Lipinski definition) is 3. The first-order chi connectivity index (χ1) is 13.9. The van der Waals surface area contributed by atoms with Gasteiger partial charge in [0.25, 0.3) is 0 Å². The molecule has 29 heavy (non-hydrogen) atoms. The van der Waals surface area contributed by atoms with Crippen molar-refractivity contribution >= 4 is 23.6 Å². The zero-order valence-electron chi connectivity index (χ0n) is 17.2. The smallest absolute Gasteiger partial charge is 0.353 e. The van der Waals surface area contributed by atoms with Crippen molar-refractivity contribution in [3.63, 3.8) is 0 Å². The Kier molecular flexibility index (Phi) is 6.22. The average molecular weight is 425 g/mol. The summed E-state index contributed by atoms with van der Waals surface area (Å²) in [7, 11) is 0. The maximum absolute atomic E-state index is 12.5. The lowest BCUT2D eigenvalue weighted by Crippen LogP contribution is -2.63. The molecule has 4 aliphatic rings. The number of carboxylic acids is 1. The largest absolute Gasteiger partial charge is 0.477 e. The molecule has 5 atom stereocenters. The van der Waals surface area contributed by atoms with Gasteiger partial charge in [0.2, 0.25) is 5.91 Å². The van der Waals surface area contributed by atoms with Gasteiger partial charge in [-0.05, 0) is 19.9 Å². The van der Waals surface area contributed by atoms with Crippen LogP contribution in [0.15, 0.2) is 10.6 Å². The SMILES string of the molecule is C[C@@H](O)[C@H]1C(=O)N2C(C(=O)O)=C(SC3CCN(CCN4CCNCC4)C3)[C@H](C)[C@H]12. The van der Waals surface area contributed by atoms with Gasteiger partial charge in [-0.1, -0.05) is 6.92 Å². The van der Waals surface area contributed by atoms with E-state index < -0.39 is 18.0 Å². The van der Waals surface area contributed by atoms with Crippen molar-refractivity contribution in [2.24, 2.45) is 11.8 Å². The van der Waals surface area contributed by atoms with Crippen LogP contribution in [0.1, 0.15) is 20.3 Å². The molecule has 4 heterocycles. The molecule has 3 N–H and O–H groups in total. The Balaban J connectivity index is 1.37. The number of aliphatic carboxylic acids is 1. The van der Waals surface area contributed by atoms with E-state index in [9.17, 15) is 19.8 Å². The van der Waals surface area contributed by atoms with Gasteiger partial charge in [-0.25, -0.2) is 4.79 Å². The van der Waals surface area contributed by atoms with Crippen molar-refractivity contribution < 1.29 is 19.8 Å². The molecule has 1 unspecified atom stereocenters. The number of carboxylic acid groups (broad SMARTS) is 1. The number of thioether (sulfide) groups is 1. The van der Waals surface area contributed by atoms with Crippen LogP contribution in [0.4, 0.5) is 0 Å². The van der Waals surface area contributed by atoms with Crippen LogP contribution in [0.2, 0.25) is 0 Å². The van der Waals surface area contributed by atoms with Gasteiger partial charge in [0.05, 0.1) is 18.1 Å². The highest BCUT2D eigenvalue weighted by Gasteiger charge is 2.60. The molecule has 8 nitrogen and oxygen atoms in total. The zero-order valence-corrected chi connectivity index (χ0v) is 18.0. The van der Waals surface area contributed by atoms with Crippen molar-refractivity contribution in [2.45, 2.75) is 37.7 Å². The van der Waals surface area contributed by atoms with E-state index in [1.165, 1.54) is 4.90 Å². The topological polar surface area (TPSA) is 96.3 Å². The highest BCUT2D eigenvalue weighted by molar-refractivity contribution is 8.03. The van der Waals surface area contributed by atoms with Crippen molar-refractivity contribution in [1.29, 1.82) is 0 Å². The number of carbonyl (C=O) groups excluding carboxylic acids is 1. The summed E-state index contributed by atoms with van der Waals surface area (Å²) in [5.74, 6) is -1.82. The fraction of sp³-hybridized carbons (Fsp3) is 0.800. The van der Waals surface area contributed by atoms with Gasteiger partial charge in [0.15, 0.2) is 0 Å². The standard InChI is InChI=1S/C20H32N4O4S/c1-12-16-15(13(2)25)19(26)24(16)17(20(27)28)18(12)29-14-3-6-23(11-14)10-9-22-7-4-21-5-8-22/h12-16,21,25H,3-11H2,1-2H3,(H,27,28)/t12-,13-,14?,15-,16-/m1/s1. The minimum Gasteiger partial charge on any atom is -0.477 e. The molecule has 4 aliphatic heterocycles. The zero-order chi connectivity index (χ0) is 20.7. The molecule has 0 spiro atoms. The first-order valence-electron chi connectivity index (χ1n) is 10.7. The van der Waals surface area contributed by atoms with E-state index in [0.717, 1.165) is 63.7 Å². The predicted molar refractivity (Wildman–Crippen MR) is 111 cm³/mol. The number of nitrogens with zero attached hydrogens (tertiary/aromatic N) is 3. The van der Waals surface area contributed by atoms with Gasteiger partial charge < -0.3 is 25.3 Å². The molecule has 0 aromatic rings. The summed E-state index contributed by atoms with van der Waals surface area (Å²) in [6.45, 7) is 12.1. The molecule has 0 bridgehead atoms. The van der Waals surface area contributed by atoms with Gasteiger partial charge in [-0.15, -0.1) is 11.8 Å². The monoisotopic (exact) mass is 424 g/mol. The van der Waals surface area contributed by atoms with E-state index in [1.807, 2.05) is 6.92 Å². The number of carbonyl (C=O) groups is 2. The van der Waals surface area contributed by atoms with Crippen molar-refractivity contribution in [2.75, 3.05) is 52.4 Å². The molecule has 1 amide bonds. The molecular weight excluding hydrogens is 392 g/mol. The maximum atomic E-state index is 12.5. The predicted octanol–water partition coefficient (Wildman–Crippen LogP) is -0.147. The van der Waals surface area contributed by atoms with Gasteiger partial charge in [0.1, 0.15) is 5.70 Å². The highest BCUT2D eigenvalue weighted by atomic mass is 32.2. The van der Waals surface area contributed by atoms with Gasteiger partial charge in [0, 0.05) is 61.9 Å². The fourth-order valence-electron chi connectivity index (χ4n) is 5.17. The maximum Gasteiger partial charge on any atom is 0.353 e. The van der Waals surface area contributed by atoms with Crippen LogP contribution in [-0.2, 0) is 9.59 Å². The Morgan fingerprint density at radius 3 is 2.59 bits per heavy atom. The molecule has 162 valence electrons. The van der Waals surface area contributed by atoms with Crippen LogP contribution in [0, 0.1) is 11.8 Å². The average Bonchev–Trinajstić information content (AvgIpc) is 3.22. The van der Waals surface area contributed by atoms with E-state index in [2.05, 4.69) is 15.1 Å². The Hall–Kier alpha value is -1.13. The van der Waals surface area contributed by atoms with Crippen molar-refractivity contribution in [1.82, 2.24) is 20.0 Å². The molecule has 4 rings (SSSR count). The van der Waals surface area contributed by atoms with E-state index in [4.69, 9.17) is 0 Å². The van der Waals surface area contributed by atoms with Gasteiger partial charge >= 0.3 is 5.97 Å². The number of hydrogen-bond acceptors (Lipinski definition) is 7. The first-order valence-corrected chi connectivity index (χ1v) is 11.6. The molecule has 3 fully saturated rings. The minimum atomic E-state index is -1.03. The lowest BCUT2D eigenvalue weighted by atomic mass is 9.79. The number of amides is 1. The summed E-state index contributed by atoms with van der Waals surface area (Å²) in [6, 6.07) is -0.221. The molecule has 0 saturated carbocycles. The molecule has 0 aromatic carbocycles. The van der Waals surface area contributed by atoms with Crippen LogP contribution >= 0.6 is 11.8 Å². The Labute approximate surface area is 176 Å². The number of piperazine rings is 1. The second kappa shape index (κ2) is 8.55. The van der Waals surface area contributed by atoms with E-state index in [1.54, 1.807) is 18.7 Å². The van der Waals surface area contributed by atoms with Crippen LogP contribution in [0.3, 0.4) is 0 Å². The third-order valence-electron chi connectivity index (χ3n) is 6.78. The van der Waals surface area contributed by atoms with Gasteiger partial charge in [-0.2, -0.15) is 0 Å². The van der Waals surface area contributed by atoms with Crippen molar-refractivity contribution in [3.05, 3.63) is 10.6 Å².